The van der Waals surface area contributed by atoms with Gasteiger partial charge in [-0.1, -0.05) is 54.6 Å². The molecule has 1 aliphatic rings. The highest BCUT2D eigenvalue weighted by molar-refractivity contribution is 6.47. The number of aryl methyl sites for hydroxylation is 1. The summed E-state index contributed by atoms with van der Waals surface area (Å²) in [6.07, 6.45) is 1.94. The summed E-state index contributed by atoms with van der Waals surface area (Å²) in [5.74, 6) is 1.03. The molecule has 0 saturated carbocycles. The van der Waals surface area contributed by atoms with E-state index in [4.69, 9.17) is 14.0 Å². The molecule has 0 amide bonds. The van der Waals surface area contributed by atoms with E-state index in [1.165, 1.54) is 21.9 Å². The van der Waals surface area contributed by atoms with Crippen molar-refractivity contribution in [3.8, 4) is 5.75 Å². The standard InChI is InChI=1S/C26H31BO3/c1-25(2)26(3,4)30-27(29-25)24(16-11-19-9-7-6-8-10-19)22-13-12-21-18-23(28-5)15-14-20(21)17-22/h6-10,12-15,17-18,24H,11,16H2,1-5H3. The lowest BCUT2D eigenvalue weighted by Crippen LogP contribution is -2.41. The third-order valence-electron chi connectivity index (χ3n) is 6.69. The van der Waals surface area contributed by atoms with Crippen LogP contribution < -0.4 is 4.74 Å². The van der Waals surface area contributed by atoms with Gasteiger partial charge < -0.3 is 14.0 Å². The molecular formula is C26H31BO3. The molecule has 3 aromatic carbocycles. The summed E-state index contributed by atoms with van der Waals surface area (Å²) in [6, 6.07) is 23.5. The second-order valence-electron chi connectivity index (χ2n) is 9.23. The molecule has 1 fully saturated rings. The lowest BCUT2D eigenvalue weighted by molar-refractivity contribution is 0.00578. The van der Waals surface area contributed by atoms with Gasteiger partial charge in [-0.3, -0.25) is 0 Å². The maximum atomic E-state index is 6.48. The zero-order valence-electron chi connectivity index (χ0n) is 18.6. The van der Waals surface area contributed by atoms with Crippen LogP contribution in [0.25, 0.3) is 10.8 Å². The van der Waals surface area contributed by atoms with Crippen molar-refractivity contribution in [2.45, 2.75) is 57.6 Å². The molecule has 1 atom stereocenters. The number of methoxy groups -OCH3 is 1. The van der Waals surface area contributed by atoms with Gasteiger partial charge in [0.25, 0.3) is 0 Å². The van der Waals surface area contributed by atoms with Crippen molar-refractivity contribution >= 4 is 17.9 Å². The fourth-order valence-electron chi connectivity index (χ4n) is 4.08. The minimum Gasteiger partial charge on any atom is -0.497 e. The second-order valence-corrected chi connectivity index (χ2v) is 9.23. The Morgan fingerprint density at radius 2 is 1.47 bits per heavy atom. The Morgan fingerprint density at radius 1 is 0.833 bits per heavy atom. The Balaban J connectivity index is 1.67. The van der Waals surface area contributed by atoms with Crippen LogP contribution in [0.15, 0.2) is 66.7 Å². The van der Waals surface area contributed by atoms with E-state index in [0.29, 0.717) is 0 Å². The number of fused-ring (bicyclic) bond motifs is 1. The summed E-state index contributed by atoms with van der Waals surface area (Å²) in [5.41, 5.74) is 1.91. The van der Waals surface area contributed by atoms with E-state index in [-0.39, 0.29) is 24.1 Å². The van der Waals surface area contributed by atoms with Crippen LogP contribution in [0, 0.1) is 0 Å². The van der Waals surface area contributed by atoms with Gasteiger partial charge in [0, 0.05) is 5.82 Å². The largest absolute Gasteiger partial charge is 0.497 e. The van der Waals surface area contributed by atoms with Crippen molar-refractivity contribution in [3.05, 3.63) is 77.9 Å². The number of hydrogen-bond acceptors (Lipinski definition) is 3. The van der Waals surface area contributed by atoms with E-state index < -0.39 is 0 Å². The normalized spacial score (nSPS) is 18.5. The molecule has 1 aliphatic heterocycles. The third kappa shape index (κ3) is 4.12. The molecule has 0 radical (unpaired) electrons. The van der Waals surface area contributed by atoms with E-state index in [1.807, 2.05) is 6.07 Å². The highest BCUT2D eigenvalue weighted by Gasteiger charge is 2.53. The van der Waals surface area contributed by atoms with Crippen LogP contribution in [0.2, 0.25) is 0 Å². The van der Waals surface area contributed by atoms with E-state index in [1.54, 1.807) is 7.11 Å². The summed E-state index contributed by atoms with van der Waals surface area (Å²) >= 11 is 0. The van der Waals surface area contributed by atoms with Gasteiger partial charge in [0.1, 0.15) is 5.75 Å². The highest BCUT2D eigenvalue weighted by Crippen LogP contribution is 2.42. The molecule has 0 aromatic heterocycles. The molecule has 156 valence electrons. The van der Waals surface area contributed by atoms with Gasteiger partial charge in [0.05, 0.1) is 18.3 Å². The van der Waals surface area contributed by atoms with Gasteiger partial charge in [-0.2, -0.15) is 0 Å². The van der Waals surface area contributed by atoms with Crippen LogP contribution in [0.5, 0.6) is 5.75 Å². The molecule has 3 nitrogen and oxygen atoms in total. The average molecular weight is 402 g/mol. The molecule has 0 N–H and O–H groups in total. The van der Waals surface area contributed by atoms with Crippen LogP contribution in [0.1, 0.15) is 51.1 Å². The smallest absolute Gasteiger partial charge is 0.465 e. The Morgan fingerprint density at radius 3 is 2.13 bits per heavy atom. The predicted octanol–water partition coefficient (Wildman–Crippen LogP) is 6.20. The molecule has 3 aromatic rings. The summed E-state index contributed by atoms with van der Waals surface area (Å²) < 4.78 is 18.3. The quantitative estimate of drug-likeness (QED) is 0.460. The maximum Gasteiger partial charge on any atom is 0.465 e. The molecule has 4 rings (SSSR count). The Labute approximate surface area is 180 Å². The van der Waals surface area contributed by atoms with E-state index in [9.17, 15) is 0 Å². The van der Waals surface area contributed by atoms with Gasteiger partial charge in [0.15, 0.2) is 0 Å². The Hall–Kier alpha value is -2.30. The first-order valence-electron chi connectivity index (χ1n) is 10.8. The lowest BCUT2D eigenvalue weighted by Gasteiger charge is -2.32. The van der Waals surface area contributed by atoms with Crippen LogP contribution >= 0.6 is 0 Å². The molecule has 1 heterocycles. The average Bonchev–Trinajstić information content (AvgIpc) is 2.95. The van der Waals surface area contributed by atoms with Crippen LogP contribution in [0.4, 0.5) is 0 Å². The molecule has 0 aliphatic carbocycles. The fraction of sp³-hybridized carbons (Fsp3) is 0.385. The van der Waals surface area contributed by atoms with E-state index in [2.05, 4.69) is 88.4 Å². The molecule has 1 unspecified atom stereocenters. The SMILES string of the molecule is COc1ccc2cc(C(CCc3ccccc3)B3OC(C)(C)C(C)(C)O3)ccc2c1. The molecular weight excluding hydrogens is 371 g/mol. The minimum atomic E-state index is -0.340. The number of ether oxygens (including phenoxy) is 1. The van der Waals surface area contributed by atoms with E-state index in [0.717, 1.165) is 18.6 Å². The summed E-state index contributed by atoms with van der Waals surface area (Å²) in [5, 5.41) is 2.38. The van der Waals surface area contributed by atoms with Crippen molar-refractivity contribution in [3.63, 3.8) is 0 Å². The van der Waals surface area contributed by atoms with Crippen molar-refractivity contribution in [2.75, 3.05) is 7.11 Å². The Bertz CT molecular complexity index is 997. The van der Waals surface area contributed by atoms with Crippen LogP contribution in [0.3, 0.4) is 0 Å². The van der Waals surface area contributed by atoms with Crippen molar-refractivity contribution in [1.82, 2.24) is 0 Å². The Kier molecular flexibility index (Phi) is 5.65. The molecule has 30 heavy (non-hydrogen) atoms. The van der Waals surface area contributed by atoms with Crippen LogP contribution in [-0.2, 0) is 15.7 Å². The first kappa shape index (κ1) is 21.0. The van der Waals surface area contributed by atoms with Gasteiger partial charge in [-0.15, -0.1) is 0 Å². The van der Waals surface area contributed by atoms with Crippen molar-refractivity contribution in [2.24, 2.45) is 0 Å². The van der Waals surface area contributed by atoms with Crippen molar-refractivity contribution < 1.29 is 14.0 Å². The first-order chi connectivity index (χ1) is 14.3. The summed E-state index contributed by atoms with van der Waals surface area (Å²) in [7, 11) is 1.43. The minimum absolute atomic E-state index is 0.151. The monoisotopic (exact) mass is 402 g/mol. The van der Waals surface area contributed by atoms with Gasteiger partial charge >= 0.3 is 7.12 Å². The molecule has 1 saturated heterocycles. The zero-order valence-corrected chi connectivity index (χ0v) is 18.6. The second kappa shape index (κ2) is 8.09. The molecule has 0 spiro atoms. The zero-order chi connectivity index (χ0) is 21.4. The molecule has 4 heteroatoms. The number of hydrogen-bond donors (Lipinski definition) is 0. The third-order valence-corrected chi connectivity index (χ3v) is 6.69. The maximum absolute atomic E-state index is 6.48. The summed E-state index contributed by atoms with van der Waals surface area (Å²) in [6.45, 7) is 8.48. The fourth-order valence-corrected chi connectivity index (χ4v) is 4.08. The van der Waals surface area contributed by atoms with E-state index >= 15 is 0 Å². The predicted molar refractivity (Wildman–Crippen MR) is 124 cm³/mol. The van der Waals surface area contributed by atoms with Crippen molar-refractivity contribution in [1.29, 1.82) is 0 Å². The summed E-state index contributed by atoms with van der Waals surface area (Å²) in [4.78, 5) is 0. The van der Waals surface area contributed by atoms with Gasteiger partial charge in [0.2, 0.25) is 0 Å². The topological polar surface area (TPSA) is 27.7 Å². The lowest BCUT2D eigenvalue weighted by atomic mass is 9.65. The van der Waals surface area contributed by atoms with Gasteiger partial charge in [-0.05, 0) is 74.6 Å². The molecule has 0 bridgehead atoms. The first-order valence-corrected chi connectivity index (χ1v) is 10.8. The highest BCUT2D eigenvalue weighted by atomic mass is 16.7. The van der Waals surface area contributed by atoms with Gasteiger partial charge in [-0.25, -0.2) is 0 Å². The number of rotatable bonds is 6. The number of benzene rings is 3. The van der Waals surface area contributed by atoms with Crippen LogP contribution in [-0.4, -0.2) is 25.4 Å².